The van der Waals surface area contributed by atoms with Crippen LogP contribution in [-0.4, -0.2) is 55.2 Å². The van der Waals surface area contributed by atoms with Crippen molar-refractivity contribution in [2.24, 2.45) is 0 Å². The Labute approximate surface area is 346 Å². The molecule has 1 saturated heterocycles. The van der Waals surface area contributed by atoms with E-state index in [-0.39, 0.29) is 30.6 Å². The lowest BCUT2D eigenvalue weighted by Crippen LogP contribution is -2.41. The number of amides is 2. The first kappa shape index (κ1) is 41.4. The molecule has 2 aliphatic heterocycles. The molecule has 59 heavy (non-hydrogen) atoms. The first-order valence-corrected chi connectivity index (χ1v) is 20.4. The number of nitrogens with zero attached hydrogens (tertiary/aromatic N) is 1. The molecular formula is C48H54N4O7. The van der Waals surface area contributed by atoms with E-state index in [9.17, 15) is 14.7 Å². The van der Waals surface area contributed by atoms with Crippen LogP contribution in [0.1, 0.15) is 77.9 Å². The van der Waals surface area contributed by atoms with Gasteiger partial charge >= 0.3 is 0 Å². The molecule has 3 atom stereocenters. The maximum atomic E-state index is 12.8. The van der Waals surface area contributed by atoms with Gasteiger partial charge in [0.2, 0.25) is 11.8 Å². The maximum absolute atomic E-state index is 12.8. The molecular weight excluding hydrogens is 745 g/mol. The molecule has 0 radical (unpaired) electrons. The van der Waals surface area contributed by atoms with Gasteiger partial charge in [-0.1, -0.05) is 84.9 Å². The predicted octanol–water partition coefficient (Wildman–Crippen LogP) is 7.86. The predicted molar refractivity (Wildman–Crippen MR) is 229 cm³/mol. The van der Waals surface area contributed by atoms with Crippen LogP contribution in [0.4, 0.5) is 11.4 Å². The van der Waals surface area contributed by atoms with Crippen LogP contribution in [0, 0.1) is 0 Å². The molecule has 308 valence electrons. The number of hydrogen-bond donors (Lipinski definition) is 4. The Morgan fingerprint density at radius 3 is 2.22 bits per heavy atom. The molecule has 0 aromatic heterocycles. The number of methoxy groups -OCH3 is 2. The standard InChI is InChI=1S/C48H54N4O7/c1-56-44-25-36-23-24-52(29-38(36)26-45(44)57-2)30-39-27-43(34-17-15-32(31-53)16-18-34)59-48(58-39)35-21-19-33(20-22-35)40-10-4-3-9-37(40)28-50-46(54)13-7-8-14-47(55)51-42-12-6-5-11-41(42)49/h3-6,9-12,15-22,25-26,39,43,48,53H,7-8,13-14,23-24,27-31,49H2,1-2H3,(H,50,54)(H,51,55)/t39-,43+,48+/m0/s1. The highest BCUT2D eigenvalue weighted by atomic mass is 16.7. The summed E-state index contributed by atoms with van der Waals surface area (Å²) in [6.07, 6.45) is 2.59. The third kappa shape index (κ3) is 10.7. The molecule has 0 unspecified atom stereocenters. The van der Waals surface area contributed by atoms with Crippen LogP contribution in [0.15, 0.2) is 109 Å². The van der Waals surface area contributed by atoms with Crippen molar-refractivity contribution in [3.63, 3.8) is 0 Å². The van der Waals surface area contributed by atoms with E-state index in [2.05, 4.69) is 58.0 Å². The first-order chi connectivity index (χ1) is 28.8. The zero-order valence-electron chi connectivity index (χ0n) is 33.8. The number of unbranched alkanes of at least 4 members (excludes halogenated alkanes) is 1. The average Bonchev–Trinajstić information content (AvgIpc) is 3.27. The average molecular weight is 799 g/mol. The van der Waals surface area contributed by atoms with Gasteiger partial charge in [-0.3, -0.25) is 14.5 Å². The van der Waals surface area contributed by atoms with Gasteiger partial charge in [-0.25, -0.2) is 0 Å². The molecule has 2 amide bonds. The molecule has 11 nitrogen and oxygen atoms in total. The second-order valence-corrected chi connectivity index (χ2v) is 15.2. The molecule has 11 heteroatoms. The van der Waals surface area contributed by atoms with E-state index in [4.69, 9.17) is 24.7 Å². The van der Waals surface area contributed by atoms with Crippen molar-refractivity contribution in [2.45, 2.75) is 76.7 Å². The molecule has 2 heterocycles. The van der Waals surface area contributed by atoms with E-state index in [0.29, 0.717) is 50.0 Å². The highest BCUT2D eigenvalue weighted by molar-refractivity contribution is 5.93. The normalized spacial score (nSPS) is 17.8. The Hall–Kier alpha value is -5.72. The number of anilines is 2. The summed E-state index contributed by atoms with van der Waals surface area (Å²) in [6, 6.07) is 35.6. The van der Waals surface area contributed by atoms with Crippen molar-refractivity contribution in [1.29, 1.82) is 0 Å². The van der Waals surface area contributed by atoms with E-state index in [1.54, 1.807) is 26.4 Å². The quantitative estimate of drug-likeness (QED) is 0.0579. The number of aliphatic hydroxyl groups is 1. The van der Waals surface area contributed by atoms with Crippen molar-refractivity contribution in [2.75, 3.05) is 38.4 Å². The number of aliphatic hydroxyl groups excluding tert-OH is 1. The maximum Gasteiger partial charge on any atom is 0.224 e. The summed E-state index contributed by atoms with van der Waals surface area (Å²) in [5, 5.41) is 15.6. The minimum Gasteiger partial charge on any atom is -0.493 e. The van der Waals surface area contributed by atoms with Crippen LogP contribution in [0.5, 0.6) is 11.5 Å². The summed E-state index contributed by atoms with van der Waals surface area (Å²) in [7, 11) is 3.34. The fourth-order valence-electron chi connectivity index (χ4n) is 7.87. The van der Waals surface area contributed by atoms with Gasteiger partial charge in [-0.2, -0.15) is 0 Å². The second kappa shape index (κ2) is 19.8. The van der Waals surface area contributed by atoms with Gasteiger partial charge in [0.05, 0.1) is 44.4 Å². The number of nitrogen functional groups attached to an aromatic ring is 1. The smallest absolute Gasteiger partial charge is 0.224 e. The van der Waals surface area contributed by atoms with Crippen molar-refractivity contribution >= 4 is 23.2 Å². The number of carbonyl (C=O) groups excluding carboxylic acids is 2. The summed E-state index contributed by atoms with van der Waals surface area (Å²) < 4.78 is 24.6. The van der Waals surface area contributed by atoms with Gasteiger partial charge in [0.15, 0.2) is 17.8 Å². The van der Waals surface area contributed by atoms with Crippen LogP contribution in [0.3, 0.4) is 0 Å². The van der Waals surface area contributed by atoms with Crippen molar-refractivity contribution in [1.82, 2.24) is 10.2 Å². The second-order valence-electron chi connectivity index (χ2n) is 15.2. The van der Waals surface area contributed by atoms with Crippen molar-refractivity contribution in [3.05, 3.63) is 143 Å². The zero-order chi connectivity index (χ0) is 41.1. The Morgan fingerprint density at radius 1 is 0.814 bits per heavy atom. The molecule has 5 aromatic carbocycles. The van der Waals surface area contributed by atoms with Crippen LogP contribution in [0.25, 0.3) is 11.1 Å². The first-order valence-electron chi connectivity index (χ1n) is 20.4. The topological polar surface area (TPSA) is 145 Å². The van der Waals surface area contributed by atoms with Gasteiger partial charge in [-0.15, -0.1) is 0 Å². The molecule has 2 aliphatic rings. The summed E-state index contributed by atoms with van der Waals surface area (Å²) >= 11 is 0. The van der Waals surface area contributed by atoms with E-state index >= 15 is 0 Å². The van der Waals surface area contributed by atoms with Crippen LogP contribution in [0.2, 0.25) is 0 Å². The number of ether oxygens (including phenoxy) is 4. The number of para-hydroxylation sites is 2. The minimum absolute atomic E-state index is 0.0108. The zero-order valence-corrected chi connectivity index (χ0v) is 33.8. The molecule has 0 saturated carbocycles. The summed E-state index contributed by atoms with van der Waals surface area (Å²) in [5.74, 6) is 1.31. The van der Waals surface area contributed by atoms with Gasteiger partial charge in [0.1, 0.15) is 0 Å². The molecule has 1 fully saturated rings. The lowest BCUT2D eigenvalue weighted by molar-refractivity contribution is -0.253. The summed E-state index contributed by atoms with van der Waals surface area (Å²) in [4.78, 5) is 27.6. The summed E-state index contributed by atoms with van der Waals surface area (Å²) in [6.45, 7) is 2.82. The van der Waals surface area contributed by atoms with E-state index in [1.807, 2.05) is 54.6 Å². The third-order valence-electron chi connectivity index (χ3n) is 11.2. The van der Waals surface area contributed by atoms with Crippen molar-refractivity contribution < 1.29 is 33.6 Å². The molecule has 7 rings (SSSR count). The molecule has 5 N–H and O–H groups in total. The number of rotatable bonds is 16. The Balaban J connectivity index is 0.976. The lowest BCUT2D eigenvalue weighted by Gasteiger charge is -2.39. The van der Waals surface area contributed by atoms with Crippen LogP contribution < -0.4 is 25.8 Å². The number of hydrogen-bond acceptors (Lipinski definition) is 9. The van der Waals surface area contributed by atoms with E-state index in [1.165, 1.54) is 11.1 Å². The Morgan fingerprint density at radius 2 is 1.49 bits per heavy atom. The van der Waals surface area contributed by atoms with Crippen LogP contribution in [-0.2, 0) is 45.2 Å². The fraction of sp³-hybridized carbons (Fsp3) is 0.333. The fourth-order valence-corrected chi connectivity index (χ4v) is 7.87. The van der Waals surface area contributed by atoms with Gasteiger partial charge < -0.3 is 40.4 Å². The molecule has 0 aliphatic carbocycles. The number of nitrogens with two attached hydrogens (primary N) is 1. The number of benzene rings is 5. The van der Waals surface area contributed by atoms with Crippen molar-refractivity contribution in [3.8, 4) is 22.6 Å². The molecule has 5 aromatic rings. The van der Waals surface area contributed by atoms with Gasteiger partial charge in [0, 0.05) is 51.0 Å². The van der Waals surface area contributed by atoms with E-state index in [0.717, 1.165) is 70.9 Å². The summed E-state index contributed by atoms with van der Waals surface area (Å²) in [5.41, 5.74) is 15.4. The Kier molecular flexibility index (Phi) is 13.9. The monoisotopic (exact) mass is 798 g/mol. The largest absolute Gasteiger partial charge is 0.493 e. The SMILES string of the molecule is COc1cc2c(cc1OC)CN(C[C@@H]1C[C@H](c3ccc(CO)cc3)O[C@H](c3ccc(-c4ccccc4CNC(=O)CCCCC(=O)Nc4ccccc4N)cc3)O1)CC2. The van der Waals surface area contributed by atoms with E-state index < -0.39 is 6.29 Å². The Bertz CT molecular complexity index is 2190. The molecule has 0 bridgehead atoms. The number of fused-ring (bicyclic) bond motifs is 1. The number of nitrogens with one attached hydrogen (secondary N) is 2. The highest BCUT2D eigenvalue weighted by Gasteiger charge is 2.34. The van der Waals surface area contributed by atoms with Crippen LogP contribution >= 0.6 is 0 Å². The lowest BCUT2D eigenvalue weighted by atomic mass is 9.96. The minimum atomic E-state index is -0.580. The van der Waals surface area contributed by atoms with Gasteiger partial charge in [-0.05, 0) is 82.5 Å². The number of carbonyl (C=O) groups is 2. The van der Waals surface area contributed by atoms with Gasteiger partial charge in [0.25, 0.3) is 0 Å². The molecule has 0 spiro atoms. The highest BCUT2D eigenvalue weighted by Crippen LogP contribution is 2.40. The third-order valence-corrected chi connectivity index (χ3v) is 11.2.